The average Bonchev–Trinajstić information content (AvgIpc) is 3.32. The predicted molar refractivity (Wildman–Crippen MR) is 144 cm³/mol. The second kappa shape index (κ2) is 11.6. The summed E-state index contributed by atoms with van der Waals surface area (Å²) in [5.41, 5.74) is 3.81. The molecule has 1 aliphatic rings. The van der Waals surface area contributed by atoms with Crippen molar-refractivity contribution in [3.8, 4) is 11.4 Å². The normalized spacial score (nSPS) is 14.6. The number of thioether (sulfide) groups is 1. The number of benzene rings is 2. The van der Waals surface area contributed by atoms with E-state index in [1.165, 1.54) is 11.8 Å². The number of piperidine rings is 1. The lowest BCUT2D eigenvalue weighted by Crippen LogP contribution is -2.35. The van der Waals surface area contributed by atoms with E-state index < -0.39 is 10.0 Å². The molecule has 0 aliphatic carbocycles. The zero-order valence-corrected chi connectivity index (χ0v) is 22.7. The molecule has 1 aliphatic heterocycles. The number of para-hydroxylation sites is 1. The van der Waals surface area contributed by atoms with Gasteiger partial charge in [0.25, 0.3) is 0 Å². The van der Waals surface area contributed by atoms with Gasteiger partial charge in [0.05, 0.1) is 10.6 Å². The second-order valence-corrected chi connectivity index (χ2v) is 11.7. The van der Waals surface area contributed by atoms with Gasteiger partial charge in [-0.05, 0) is 68.5 Å². The van der Waals surface area contributed by atoms with Gasteiger partial charge in [0.15, 0.2) is 11.0 Å². The fourth-order valence-electron chi connectivity index (χ4n) is 4.43. The first-order chi connectivity index (χ1) is 17.3. The molecular weight excluding hydrogens is 494 g/mol. The van der Waals surface area contributed by atoms with Gasteiger partial charge in [0.2, 0.25) is 15.9 Å². The van der Waals surface area contributed by atoms with Crippen molar-refractivity contribution in [1.29, 1.82) is 0 Å². The van der Waals surface area contributed by atoms with Crippen LogP contribution < -0.4 is 5.32 Å². The molecule has 0 saturated carbocycles. The van der Waals surface area contributed by atoms with Gasteiger partial charge in [0, 0.05) is 30.9 Å². The van der Waals surface area contributed by atoms with Crippen LogP contribution in [-0.4, -0.2) is 52.2 Å². The number of nitrogens with one attached hydrogen (secondary N) is 1. The van der Waals surface area contributed by atoms with E-state index in [1.54, 1.807) is 28.6 Å². The number of carbonyl (C=O) groups excluding carboxylic acids is 1. The number of rotatable bonds is 9. The number of nitrogens with zero attached hydrogens (tertiary/aromatic N) is 4. The number of hydrogen-bond donors (Lipinski definition) is 1. The smallest absolute Gasteiger partial charge is 0.243 e. The number of carbonyl (C=O) groups is 1. The third-order valence-electron chi connectivity index (χ3n) is 6.44. The summed E-state index contributed by atoms with van der Waals surface area (Å²) in [6.45, 7) is 7.83. The van der Waals surface area contributed by atoms with E-state index in [4.69, 9.17) is 0 Å². The summed E-state index contributed by atoms with van der Waals surface area (Å²) >= 11 is 1.33. The van der Waals surface area contributed by atoms with Gasteiger partial charge < -0.3 is 9.88 Å². The van der Waals surface area contributed by atoms with E-state index in [-0.39, 0.29) is 11.7 Å². The first-order valence-corrected chi connectivity index (χ1v) is 14.8. The molecule has 4 rings (SSSR count). The molecule has 0 spiro atoms. The van der Waals surface area contributed by atoms with Crippen molar-refractivity contribution >= 4 is 33.4 Å². The van der Waals surface area contributed by atoms with Gasteiger partial charge in [-0.15, -0.1) is 10.2 Å². The molecule has 2 heterocycles. The van der Waals surface area contributed by atoms with Crippen molar-refractivity contribution in [3.05, 3.63) is 53.6 Å². The molecule has 1 amide bonds. The number of hydrogen-bond acceptors (Lipinski definition) is 6. The van der Waals surface area contributed by atoms with Crippen LogP contribution in [0.25, 0.3) is 11.4 Å². The Morgan fingerprint density at radius 3 is 2.42 bits per heavy atom. The van der Waals surface area contributed by atoms with Crippen molar-refractivity contribution in [2.75, 3.05) is 24.2 Å². The summed E-state index contributed by atoms with van der Waals surface area (Å²) in [5.74, 6) is 0.765. The molecule has 0 atom stereocenters. The molecule has 192 valence electrons. The van der Waals surface area contributed by atoms with Crippen LogP contribution >= 0.6 is 11.8 Å². The Morgan fingerprint density at radius 1 is 1.03 bits per heavy atom. The molecule has 10 heteroatoms. The zero-order valence-electron chi connectivity index (χ0n) is 21.0. The van der Waals surface area contributed by atoms with Crippen LogP contribution in [0.1, 0.15) is 44.2 Å². The van der Waals surface area contributed by atoms with E-state index in [1.807, 2.05) is 36.6 Å². The molecule has 2 aromatic carbocycles. The van der Waals surface area contributed by atoms with Gasteiger partial charge >= 0.3 is 0 Å². The van der Waals surface area contributed by atoms with Crippen LogP contribution in [0.15, 0.2) is 52.5 Å². The molecule has 0 unspecified atom stereocenters. The van der Waals surface area contributed by atoms with Gasteiger partial charge in [-0.25, -0.2) is 8.42 Å². The lowest BCUT2D eigenvalue weighted by atomic mass is 10.1. The number of anilines is 1. The summed E-state index contributed by atoms with van der Waals surface area (Å²) in [7, 11) is -3.48. The van der Waals surface area contributed by atoms with Crippen molar-refractivity contribution in [3.63, 3.8) is 0 Å². The maximum absolute atomic E-state index is 13.0. The highest BCUT2D eigenvalue weighted by Gasteiger charge is 2.26. The molecule has 1 saturated heterocycles. The number of sulfonamides is 1. The van der Waals surface area contributed by atoms with E-state index in [9.17, 15) is 13.2 Å². The quantitative estimate of drug-likeness (QED) is 0.404. The first-order valence-electron chi connectivity index (χ1n) is 12.4. The monoisotopic (exact) mass is 527 g/mol. The Morgan fingerprint density at radius 2 is 1.75 bits per heavy atom. The highest BCUT2D eigenvalue weighted by molar-refractivity contribution is 7.99. The Kier molecular flexibility index (Phi) is 8.48. The van der Waals surface area contributed by atoms with Crippen LogP contribution in [0.5, 0.6) is 0 Å². The molecule has 36 heavy (non-hydrogen) atoms. The molecule has 1 N–H and O–H groups in total. The summed E-state index contributed by atoms with van der Waals surface area (Å²) < 4.78 is 29.4. The van der Waals surface area contributed by atoms with Crippen LogP contribution in [-0.2, 0) is 27.8 Å². The van der Waals surface area contributed by atoms with Crippen LogP contribution in [0.3, 0.4) is 0 Å². The fourth-order valence-corrected chi connectivity index (χ4v) is 6.75. The maximum Gasteiger partial charge on any atom is 0.243 e. The summed E-state index contributed by atoms with van der Waals surface area (Å²) in [5, 5.41) is 12.3. The number of amides is 1. The first kappa shape index (κ1) is 26.4. The van der Waals surface area contributed by atoms with Gasteiger partial charge in [-0.2, -0.15) is 4.31 Å². The Balaban J connectivity index is 1.46. The van der Waals surface area contributed by atoms with E-state index >= 15 is 0 Å². The highest BCUT2D eigenvalue weighted by atomic mass is 32.2. The Bertz CT molecular complexity index is 1310. The van der Waals surface area contributed by atoms with Crippen molar-refractivity contribution in [1.82, 2.24) is 19.1 Å². The topological polar surface area (TPSA) is 97.2 Å². The SMILES string of the molecule is CCc1cccc(C)c1NC(=O)CSc1nnc(-c2ccc(S(=O)(=O)N3CCCCC3)cc2)n1CC. The Hall–Kier alpha value is -2.69. The summed E-state index contributed by atoms with van der Waals surface area (Å²) in [6, 6.07) is 12.9. The molecule has 0 bridgehead atoms. The van der Waals surface area contributed by atoms with E-state index in [0.29, 0.717) is 35.5 Å². The molecule has 3 aromatic rings. The maximum atomic E-state index is 13.0. The largest absolute Gasteiger partial charge is 0.325 e. The molecule has 0 radical (unpaired) electrons. The zero-order chi connectivity index (χ0) is 25.7. The lowest BCUT2D eigenvalue weighted by molar-refractivity contribution is -0.113. The number of aryl methyl sites for hydroxylation is 2. The third kappa shape index (κ3) is 5.66. The minimum absolute atomic E-state index is 0.0940. The number of aromatic nitrogens is 3. The standard InChI is InChI=1S/C26H33N5O3S2/c1-4-20-11-9-10-19(3)24(20)27-23(32)18-35-26-29-28-25(31(26)5-2)21-12-14-22(15-13-21)36(33,34)30-16-7-6-8-17-30/h9-15H,4-8,16-18H2,1-3H3,(H,27,32). The lowest BCUT2D eigenvalue weighted by Gasteiger charge is -2.25. The van der Waals surface area contributed by atoms with Crippen molar-refractivity contribution in [2.45, 2.75) is 63.1 Å². The molecular formula is C26H33N5O3S2. The third-order valence-corrected chi connectivity index (χ3v) is 9.31. The molecule has 1 fully saturated rings. The van der Waals surface area contributed by atoms with Gasteiger partial charge in [-0.1, -0.05) is 43.3 Å². The van der Waals surface area contributed by atoms with E-state index in [0.717, 1.165) is 48.1 Å². The fraction of sp³-hybridized carbons (Fsp3) is 0.423. The minimum atomic E-state index is -3.48. The average molecular weight is 528 g/mol. The molecule has 1 aromatic heterocycles. The predicted octanol–water partition coefficient (Wildman–Crippen LogP) is 4.74. The van der Waals surface area contributed by atoms with Crippen LogP contribution in [0.2, 0.25) is 0 Å². The Labute approximate surface area is 217 Å². The van der Waals surface area contributed by atoms with Gasteiger partial charge in [0.1, 0.15) is 0 Å². The molecule has 8 nitrogen and oxygen atoms in total. The summed E-state index contributed by atoms with van der Waals surface area (Å²) in [4.78, 5) is 13.0. The minimum Gasteiger partial charge on any atom is -0.325 e. The van der Waals surface area contributed by atoms with Crippen LogP contribution in [0, 0.1) is 6.92 Å². The highest BCUT2D eigenvalue weighted by Crippen LogP contribution is 2.27. The van der Waals surface area contributed by atoms with Crippen molar-refractivity contribution < 1.29 is 13.2 Å². The van der Waals surface area contributed by atoms with Gasteiger partial charge in [-0.3, -0.25) is 4.79 Å². The van der Waals surface area contributed by atoms with E-state index in [2.05, 4.69) is 22.4 Å². The van der Waals surface area contributed by atoms with Crippen LogP contribution in [0.4, 0.5) is 5.69 Å². The van der Waals surface area contributed by atoms with Crippen molar-refractivity contribution in [2.24, 2.45) is 0 Å². The summed E-state index contributed by atoms with van der Waals surface area (Å²) in [6.07, 6.45) is 3.72. The second-order valence-electron chi connectivity index (χ2n) is 8.84.